The minimum Gasteiger partial charge on any atom is -0.368 e. The number of H-pyrrole nitrogens is 1. The van der Waals surface area contributed by atoms with E-state index in [1.54, 1.807) is 17.0 Å². The van der Waals surface area contributed by atoms with Crippen LogP contribution in [-0.4, -0.2) is 44.3 Å². The molecule has 7 heteroatoms. The van der Waals surface area contributed by atoms with Crippen molar-refractivity contribution in [3.05, 3.63) is 53.2 Å². The number of hydrogen-bond donors (Lipinski definition) is 2. The van der Waals surface area contributed by atoms with Crippen molar-refractivity contribution in [2.45, 2.75) is 39.2 Å². The molecule has 0 saturated carbocycles. The summed E-state index contributed by atoms with van der Waals surface area (Å²) in [6.45, 7) is 5.46. The summed E-state index contributed by atoms with van der Waals surface area (Å²) in [5.41, 5.74) is 9.14. The Morgan fingerprint density at radius 2 is 2.14 bits per heavy atom. The van der Waals surface area contributed by atoms with Crippen LogP contribution in [0.4, 0.5) is 0 Å². The molecule has 0 unspecified atom stereocenters. The second-order valence-electron chi connectivity index (χ2n) is 7.64. The van der Waals surface area contributed by atoms with E-state index in [1.165, 1.54) is 5.56 Å². The summed E-state index contributed by atoms with van der Waals surface area (Å²) in [5, 5.41) is 1.09. The molecular weight excluding hydrogens is 354 g/mol. The molecule has 3 N–H and O–H groups in total. The summed E-state index contributed by atoms with van der Waals surface area (Å²) < 4.78 is 1.79. The largest absolute Gasteiger partial charge is 0.368 e. The zero-order valence-electron chi connectivity index (χ0n) is 16.2. The fourth-order valence-corrected chi connectivity index (χ4v) is 4.17. The molecule has 1 atom stereocenters. The lowest BCUT2D eigenvalue weighted by molar-refractivity contribution is -0.118. The van der Waals surface area contributed by atoms with Crippen LogP contribution < -0.4 is 5.73 Å². The van der Waals surface area contributed by atoms with Crippen LogP contribution in [0.15, 0.2) is 30.6 Å². The van der Waals surface area contributed by atoms with Crippen molar-refractivity contribution in [2.75, 3.05) is 13.1 Å². The molecule has 2 amide bonds. The Labute approximate surface area is 163 Å². The van der Waals surface area contributed by atoms with Crippen LogP contribution in [0.2, 0.25) is 0 Å². The van der Waals surface area contributed by atoms with Gasteiger partial charge in [-0.1, -0.05) is 11.6 Å². The second kappa shape index (κ2) is 7.14. The Morgan fingerprint density at radius 1 is 1.32 bits per heavy atom. The van der Waals surface area contributed by atoms with Gasteiger partial charge < -0.3 is 20.2 Å². The first-order chi connectivity index (χ1) is 13.4. The number of fused-ring (bicyclic) bond motifs is 1. The molecule has 2 aromatic heterocycles. The van der Waals surface area contributed by atoms with Crippen LogP contribution in [0, 0.1) is 13.8 Å². The number of likely N-dealkylation sites (tertiary alicyclic amines) is 1. The third-order valence-electron chi connectivity index (χ3n) is 5.58. The highest BCUT2D eigenvalue weighted by molar-refractivity contribution is 6.01. The van der Waals surface area contributed by atoms with E-state index in [0.717, 1.165) is 41.7 Å². The Morgan fingerprint density at radius 3 is 2.93 bits per heavy atom. The first-order valence-electron chi connectivity index (χ1n) is 9.61. The maximum Gasteiger partial charge on any atom is 0.270 e. The van der Waals surface area contributed by atoms with Gasteiger partial charge in [0.15, 0.2) is 0 Å². The minimum absolute atomic E-state index is 0.0176. The SMILES string of the molecule is Cc1ccc2[nH]c(C(=O)N3CCC[C@H](c4nccn4CC(N)=O)C3)c(C)c2c1. The number of primary amides is 1. The van der Waals surface area contributed by atoms with Crippen LogP contribution in [0.1, 0.15) is 46.2 Å². The lowest BCUT2D eigenvalue weighted by Crippen LogP contribution is -2.40. The molecule has 0 aliphatic carbocycles. The monoisotopic (exact) mass is 379 g/mol. The fourth-order valence-electron chi connectivity index (χ4n) is 4.17. The normalized spacial score (nSPS) is 17.2. The molecule has 1 saturated heterocycles. The summed E-state index contributed by atoms with van der Waals surface area (Å²) in [7, 11) is 0. The molecule has 0 radical (unpaired) electrons. The second-order valence-corrected chi connectivity index (χ2v) is 7.64. The van der Waals surface area contributed by atoms with Gasteiger partial charge in [0.05, 0.1) is 0 Å². The smallest absolute Gasteiger partial charge is 0.270 e. The van der Waals surface area contributed by atoms with Crippen LogP contribution in [-0.2, 0) is 11.3 Å². The van der Waals surface area contributed by atoms with E-state index < -0.39 is 5.91 Å². The third-order valence-corrected chi connectivity index (χ3v) is 5.58. The molecule has 1 aliphatic heterocycles. The quantitative estimate of drug-likeness (QED) is 0.729. The highest BCUT2D eigenvalue weighted by Crippen LogP contribution is 2.29. The Kier molecular flexibility index (Phi) is 4.66. The lowest BCUT2D eigenvalue weighted by atomic mass is 9.96. The molecule has 0 spiro atoms. The zero-order valence-corrected chi connectivity index (χ0v) is 16.2. The molecule has 0 bridgehead atoms. The molecular formula is C21H25N5O2. The Balaban J connectivity index is 1.58. The number of nitrogens with two attached hydrogens (primary N) is 1. The molecule has 28 heavy (non-hydrogen) atoms. The van der Waals surface area contributed by atoms with Gasteiger partial charge in [-0.25, -0.2) is 4.98 Å². The zero-order chi connectivity index (χ0) is 19.8. The van der Waals surface area contributed by atoms with Crippen LogP contribution in [0.25, 0.3) is 10.9 Å². The maximum absolute atomic E-state index is 13.2. The third kappa shape index (κ3) is 3.28. The highest BCUT2D eigenvalue weighted by Gasteiger charge is 2.29. The molecule has 4 rings (SSSR count). The number of hydrogen-bond acceptors (Lipinski definition) is 3. The number of amides is 2. The number of rotatable bonds is 4. The first kappa shape index (κ1) is 18.3. The number of carbonyl (C=O) groups excluding carboxylic acids is 2. The highest BCUT2D eigenvalue weighted by atomic mass is 16.2. The number of aromatic amines is 1. The number of piperidine rings is 1. The predicted octanol–water partition coefficient (Wildman–Crippen LogP) is 2.49. The number of aryl methyl sites for hydroxylation is 2. The number of imidazole rings is 1. The van der Waals surface area contributed by atoms with E-state index in [4.69, 9.17) is 5.73 Å². The van der Waals surface area contributed by atoms with E-state index in [0.29, 0.717) is 12.2 Å². The van der Waals surface area contributed by atoms with Gasteiger partial charge in [0.2, 0.25) is 5.91 Å². The number of carbonyl (C=O) groups is 2. The topological polar surface area (TPSA) is 97.0 Å². The first-order valence-corrected chi connectivity index (χ1v) is 9.61. The van der Waals surface area contributed by atoms with Crippen molar-refractivity contribution < 1.29 is 9.59 Å². The minimum atomic E-state index is -0.396. The van der Waals surface area contributed by atoms with E-state index in [2.05, 4.69) is 23.0 Å². The molecule has 3 aromatic rings. The molecule has 1 aliphatic rings. The van der Waals surface area contributed by atoms with Crippen molar-refractivity contribution in [1.82, 2.24) is 19.4 Å². The predicted molar refractivity (Wildman–Crippen MR) is 107 cm³/mol. The van der Waals surface area contributed by atoms with Crippen LogP contribution in [0.3, 0.4) is 0 Å². The van der Waals surface area contributed by atoms with Gasteiger partial charge in [0.1, 0.15) is 18.1 Å². The average Bonchev–Trinajstić information content (AvgIpc) is 3.25. The van der Waals surface area contributed by atoms with Crippen molar-refractivity contribution >= 4 is 22.7 Å². The van der Waals surface area contributed by atoms with Gasteiger partial charge >= 0.3 is 0 Å². The Bertz CT molecular complexity index is 1050. The molecule has 146 valence electrons. The van der Waals surface area contributed by atoms with Gasteiger partial charge in [-0.15, -0.1) is 0 Å². The molecule has 1 fully saturated rings. The van der Waals surface area contributed by atoms with Gasteiger partial charge in [-0.3, -0.25) is 9.59 Å². The van der Waals surface area contributed by atoms with E-state index in [9.17, 15) is 9.59 Å². The summed E-state index contributed by atoms with van der Waals surface area (Å²) in [6, 6.07) is 6.17. The van der Waals surface area contributed by atoms with E-state index in [-0.39, 0.29) is 18.4 Å². The summed E-state index contributed by atoms with van der Waals surface area (Å²) in [5.74, 6) is 0.537. The molecule has 7 nitrogen and oxygen atoms in total. The number of nitrogens with zero attached hydrogens (tertiary/aromatic N) is 3. The van der Waals surface area contributed by atoms with Gasteiger partial charge in [0, 0.05) is 42.3 Å². The van der Waals surface area contributed by atoms with Gasteiger partial charge in [-0.05, 0) is 44.4 Å². The Hall–Kier alpha value is -3.09. The number of benzene rings is 1. The lowest BCUT2D eigenvalue weighted by Gasteiger charge is -2.32. The van der Waals surface area contributed by atoms with Gasteiger partial charge in [-0.2, -0.15) is 0 Å². The number of aromatic nitrogens is 3. The summed E-state index contributed by atoms with van der Waals surface area (Å²) in [4.78, 5) is 34.2. The standard InChI is InChI=1S/C21H25N5O2/c1-13-5-6-17-16(10-13)14(2)19(24-17)21(28)26-8-3-4-15(11-26)20-23-7-9-25(20)12-18(22)27/h5-7,9-10,15,24H,3-4,8,11-12H2,1-2H3,(H2,22,27)/t15-/m0/s1. The molecule has 1 aromatic carbocycles. The van der Waals surface area contributed by atoms with E-state index in [1.807, 2.05) is 24.0 Å². The maximum atomic E-state index is 13.2. The number of nitrogens with one attached hydrogen (secondary N) is 1. The van der Waals surface area contributed by atoms with Crippen LogP contribution in [0.5, 0.6) is 0 Å². The summed E-state index contributed by atoms with van der Waals surface area (Å²) >= 11 is 0. The van der Waals surface area contributed by atoms with Crippen molar-refractivity contribution in [3.63, 3.8) is 0 Å². The van der Waals surface area contributed by atoms with Crippen molar-refractivity contribution in [2.24, 2.45) is 5.73 Å². The van der Waals surface area contributed by atoms with Crippen LogP contribution >= 0.6 is 0 Å². The average molecular weight is 379 g/mol. The van der Waals surface area contributed by atoms with Gasteiger partial charge in [0.25, 0.3) is 5.91 Å². The van der Waals surface area contributed by atoms with E-state index >= 15 is 0 Å². The van der Waals surface area contributed by atoms with Crippen molar-refractivity contribution in [3.8, 4) is 0 Å². The molecule has 3 heterocycles. The fraction of sp³-hybridized carbons (Fsp3) is 0.381. The summed E-state index contributed by atoms with van der Waals surface area (Å²) in [6.07, 6.45) is 5.29. The van der Waals surface area contributed by atoms with Crippen molar-refractivity contribution in [1.29, 1.82) is 0 Å².